The van der Waals surface area contributed by atoms with Gasteiger partial charge in [0.2, 0.25) is 0 Å². The Balaban J connectivity index is 2.89. The van der Waals surface area contributed by atoms with E-state index in [4.69, 9.17) is 15.2 Å². The number of rotatable bonds is 5. The molecule has 0 radical (unpaired) electrons. The Labute approximate surface area is 108 Å². The van der Waals surface area contributed by atoms with E-state index in [0.717, 1.165) is 0 Å². The summed E-state index contributed by atoms with van der Waals surface area (Å²) < 4.78 is 15.5. The van der Waals surface area contributed by atoms with Crippen molar-refractivity contribution >= 4 is 27.6 Å². The zero-order valence-corrected chi connectivity index (χ0v) is 11.2. The smallest absolute Gasteiger partial charge is 0.339 e. The Morgan fingerprint density at radius 2 is 2.06 bits per heavy atom. The maximum atomic E-state index is 11.4. The topological polar surface area (TPSA) is 70.8 Å². The van der Waals surface area contributed by atoms with Crippen molar-refractivity contribution < 1.29 is 19.0 Å². The van der Waals surface area contributed by atoms with Crippen molar-refractivity contribution in [2.75, 3.05) is 33.2 Å². The number of methoxy groups -OCH3 is 2. The lowest BCUT2D eigenvalue weighted by atomic mass is 10.2. The number of hydrogen-bond acceptors (Lipinski definition) is 5. The lowest BCUT2D eigenvalue weighted by Crippen LogP contribution is -2.08. The van der Waals surface area contributed by atoms with Crippen molar-refractivity contribution in [2.45, 2.75) is 0 Å². The third-order valence-corrected chi connectivity index (χ3v) is 2.67. The predicted molar refractivity (Wildman–Crippen MR) is 67.3 cm³/mol. The molecule has 0 heterocycles. The first-order valence-electron chi connectivity index (χ1n) is 4.89. The molecule has 0 aliphatic carbocycles. The van der Waals surface area contributed by atoms with Gasteiger partial charge in [-0.05, 0) is 22.0 Å². The summed E-state index contributed by atoms with van der Waals surface area (Å²) in [6.07, 6.45) is 0. The minimum absolute atomic E-state index is 0.304. The molecule has 0 spiro atoms. The summed E-state index contributed by atoms with van der Waals surface area (Å²) in [5.41, 5.74) is 6.35. The molecule has 1 aromatic rings. The van der Waals surface area contributed by atoms with Crippen LogP contribution in [0.4, 0.5) is 5.69 Å². The summed E-state index contributed by atoms with van der Waals surface area (Å²) in [5, 5.41) is 0. The largest absolute Gasteiger partial charge is 0.490 e. The average Bonchev–Trinajstić information content (AvgIpc) is 2.32. The van der Waals surface area contributed by atoms with E-state index >= 15 is 0 Å². The molecule has 0 fully saturated rings. The molecule has 0 bridgehead atoms. The molecule has 0 saturated heterocycles. The molecule has 5 nitrogen and oxygen atoms in total. The normalized spacial score (nSPS) is 10.1. The van der Waals surface area contributed by atoms with Crippen molar-refractivity contribution in [3.8, 4) is 5.75 Å². The summed E-state index contributed by atoms with van der Waals surface area (Å²) in [6.45, 7) is 0.886. The number of carbonyl (C=O) groups is 1. The number of ether oxygens (including phenoxy) is 3. The van der Waals surface area contributed by atoms with Gasteiger partial charge in [-0.3, -0.25) is 0 Å². The highest BCUT2D eigenvalue weighted by Gasteiger charge is 2.14. The van der Waals surface area contributed by atoms with Crippen LogP contribution in [0.15, 0.2) is 16.6 Å². The van der Waals surface area contributed by atoms with Gasteiger partial charge in [0.05, 0.1) is 23.8 Å². The van der Waals surface area contributed by atoms with E-state index in [9.17, 15) is 4.79 Å². The van der Waals surface area contributed by atoms with Crippen LogP contribution in [0.25, 0.3) is 0 Å². The fourth-order valence-corrected chi connectivity index (χ4v) is 1.66. The van der Waals surface area contributed by atoms with Crippen LogP contribution in [0.2, 0.25) is 0 Å². The monoisotopic (exact) mass is 303 g/mol. The highest BCUT2D eigenvalue weighted by Crippen LogP contribution is 2.30. The molecular weight excluding hydrogens is 290 g/mol. The second-order valence-corrected chi connectivity index (χ2v) is 4.06. The van der Waals surface area contributed by atoms with Crippen LogP contribution >= 0.6 is 15.9 Å². The van der Waals surface area contributed by atoms with E-state index in [1.807, 2.05) is 0 Å². The van der Waals surface area contributed by atoms with E-state index in [2.05, 4.69) is 20.7 Å². The van der Waals surface area contributed by atoms with Gasteiger partial charge in [0.1, 0.15) is 12.4 Å². The van der Waals surface area contributed by atoms with Crippen LogP contribution in [0, 0.1) is 0 Å². The van der Waals surface area contributed by atoms with Gasteiger partial charge in [0, 0.05) is 18.9 Å². The van der Waals surface area contributed by atoms with Crippen LogP contribution in [-0.2, 0) is 9.47 Å². The lowest BCUT2D eigenvalue weighted by Gasteiger charge is -2.11. The van der Waals surface area contributed by atoms with Crippen LogP contribution in [0.1, 0.15) is 10.4 Å². The van der Waals surface area contributed by atoms with Crippen molar-refractivity contribution in [1.82, 2.24) is 0 Å². The van der Waals surface area contributed by atoms with Crippen LogP contribution in [0.5, 0.6) is 5.75 Å². The predicted octanol–water partition coefficient (Wildman–Crippen LogP) is 1.84. The Hall–Kier alpha value is -1.27. The zero-order chi connectivity index (χ0) is 12.8. The van der Waals surface area contributed by atoms with Crippen molar-refractivity contribution in [1.29, 1.82) is 0 Å². The molecule has 0 atom stereocenters. The second-order valence-electron chi connectivity index (χ2n) is 3.20. The molecule has 0 aliphatic rings. The maximum absolute atomic E-state index is 11.4. The van der Waals surface area contributed by atoms with Crippen molar-refractivity contribution in [2.24, 2.45) is 0 Å². The molecule has 1 aromatic carbocycles. The minimum Gasteiger partial charge on any atom is -0.490 e. The molecule has 2 N–H and O–H groups in total. The Bertz CT molecular complexity index is 409. The van der Waals surface area contributed by atoms with Gasteiger partial charge in [-0.25, -0.2) is 4.79 Å². The number of esters is 1. The van der Waals surface area contributed by atoms with Gasteiger partial charge in [0.15, 0.2) is 0 Å². The summed E-state index contributed by atoms with van der Waals surface area (Å²) in [5.74, 6) is 0.0823. The van der Waals surface area contributed by atoms with E-state index in [1.165, 1.54) is 7.11 Å². The van der Waals surface area contributed by atoms with Crippen molar-refractivity contribution in [3.05, 3.63) is 22.2 Å². The SMILES string of the molecule is COCCOc1cc(N)c(C(=O)OC)cc1Br. The molecule has 0 unspecified atom stereocenters. The molecule has 94 valence electrons. The fourth-order valence-electron chi connectivity index (χ4n) is 1.20. The standard InChI is InChI=1S/C11H14BrNO4/c1-15-3-4-17-10-6-9(13)7(5-8(10)12)11(14)16-2/h5-6H,3-4,13H2,1-2H3. The second kappa shape index (κ2) is 6.46. The fraction of sp³-hybridized carbons (Fsp3) is 0.364. The van der Waals surface area contributed by atoms with Gasteiger partial charge in [-0.15, -0.1) is 0 Å². The van der Waals surface area contributed by atoms with Crippen LogP contribution < -0.4 is 10.5 Å². The zero-order valence-electron chi connectivity index (χ0n) is 9.66. The van der Waals surface area contributed by atoms with Gasteiger partial charge >= 0.3 is 5.97 Å². The molecular formula is C11H14BrNO4. The maximum Gasteiger partial charge on any atom is 0.339 e. The summed E-state index contributed by atoms with van der Waals surface area (Å²) >= 11 is 3.30. The van der Waals surface area contributed by atoms with Crippen LogP contribution in [-0.4, -0.2) is 33.4 Å². The minimum atomic E-state index is -0.480. The number of benzene rings is 1. The van der Waals surface area contributed by atoms with E-state index in [-0.39, 0.29) is 0 Å². The first kappa shape index (κ1) is 13.8. The third-order valence-electron chi connectivity index (χ3n) is 2.05. The summed E-state index contributed by atoms with van der Waals surface area (Å²) in [6, 6.07) is 3.15. The van der Waals surface area contributed by atoms with Gasteiger partial charge < -0.3 is 19.9 Å². The van der Waals surface area contributed by atoms with Crippen LogP contribution in [0.3, 0.4) is 0 Å². The summed E-state index contributed by atoms with van der Waals surface area (Å²) in [7, 11) is 2.89. The third kappa shape index (κ3) is 3.61. The highest BCUT2D eigenvalue weighted by molar-refractivity contribution is 9.10. The number of anilines is 1. The number of hydrogen-bond donors (Lipinski definition) is 1. The quantitative estimate of drug-likeness (QED) is 0.510. The number of carbonyl (C=O) groups excluding carboxylic acids is 1. The average molecular weight is 304 g/mol. The number of nitrogens with two attached hydrogens (primary N) is 1. The van der Waals surface area contributed by atoms with Gasteiger partial charge in [0.25, 0.3) is 0 Å². The Kier molecular flexibility index (Phi) is 5.24. The Morgan fingerprint density at radius 3 is 2.65 bits per heavy atom. The lowest BCUT2D eigenvalue weighted by molar-refractivity contribution is 0.0602. The van der Waals surface area contributed by atoms with Gasteiger partial charge in [-0.2, -0.15) is 0 Å². The first-order valence-corrected chi connectivity index (χ1v) is 5.68. The highest BCUT2D eigenvalue weighted by atomic mass is 79.9. The number of halogens is 1. The first-order chi connectivity index (χ1) is 8.10. The molecule has 6 heteroatoms. The van der Waals surface area contributed by atoms with Gasteiger partial charge in [-0.1, -0.05) is 0 Å². The molecule has 0 saturated carbocycles. The molecule has 17 heavy (non-hydrogen) atoms. The van der Waals surface area contributed by atoms with E-state index in [1.54, 1.807) is 19.2 Å². The summed E-state index contributed by atoms with van der Waals surface area (Å²) in [4.78, 5) is 11.4. The molecule has 1 rings (SSSR count). The number of nitrogen functional groups attached to an aromatic ring is 1. The molecule has 0 aliphatic heterocycles. The Morgan fingerprint density at radius 1 is 1.35 bits per heavy atom. The van der Waals surface area contributed by atoms with E-state index < -0.39 is 5.97 Å². The van der Waals surface area contributed by atoms with E-state index in [0.29, 0.717) is 34.7 Å². The molecule has 0 amide bonds. The molecule has 0 aromatic heterocycles. The van der Waals surface area contributed by atoms with Crippen molar-refractivity contribution in [3.63, 3.8) is 0 Å².